The molecule has 0 aliphatic rings. The predicted octanol–water partition coefficient (Wildman–Crippen LogP) is 7.40. The van der Waals surface area contributed by atoms with Crippen LogP contribution in [0.15, 0.2) is 59.0 Å². The molecule has 0 unspecified atom stereocenters. The molecule has 0 bridgehead atoms. The molecule has 0 saturated heterocycles. The van der Waals surface area contributed by atoms with Gasteiger partial charge in [0.1, 0.15) is 33.5 Å². The number of carbonyl (C=O) groups is 2. The van der Waals surface area contributed by atoms with E-state index in [1.54, 1.807) is 12.1 Å². The summed E-state index contributed by atoms with van der Waals surface area (Å²) >= 11 is 4.44. The number of alkyl halides is 2. The smallest absolute Gasteiger partial charge is 0.291 e. The zero-order valence-corrected chi connectivity index (χ0v) is 23.4. The Morgan fingerprint density at radius 1 is 1.13 bits per heavy atom. The summed E-state index contributed by atoms with van der Waals surface area (Å²) in [5.41, 5.74) is 5.69. The van der Waals surface area contributed by atoms with Crippen LogP contribution in [0.1, 0.15) is 43.0 Å². The molecule has 4 heterocycles. The van der Waals surface area contributed by atoms with Gasteiger partial charge in [-0.05, 0) is 84.1 Å². The van der Waals surface area contributed by atoms with Gasteiger partial charge in [0, 0.05) is 24.3 Å². The Balaban J connectivity index is 1.48. The number of rotatable bonds is 8. The maximum Gasteiger partial charge on any atom is 0.291 e. The number of primary amides is 1. The molecule has 4 aromatic heterocycles. The molecule has 12 heteroatoms. The minimum absolute atomic E-state index is 0.00406. The molecular formula is C26H18F2IN3O4S2. The van der Waals surface area contributed by atoms with Gasteiger partial charge >= 0.3 is 0 Å². The zero-order chi connectivity index (χ0) is 27.0. The molecule has 1 aromatic carbocycles. The third kappa shape index (κ3) is 5.42. The number of hydrogen-bond donors (Lipinski definition) is 2. The van der Waals surface area contributed by atoms with Gasteiger partial charge in [0.2, 0.25) is 0 Å². The van der Waals surface area contributed by atoms with E-state index < -0.39 is 23.9 Å². The third-order valence-electron chi connectivity index (χ3n) is 5.45. The number of thiophene rings is 2. The number of halogens is 3. The second-order valence-electron chi connectivity index (χ2n) is 8.12. The fourth-order valence-electron chi connectivity index (χ4n) is 3.73. The molecule has 5 aromatic rings. The Morgan fingerprint density at radius 3 is 2.55 bits per heavy atom. The number of benzene rings is 1. The maximum atomic E-state index is 13.6. The van der Waals surface area contributed by atoms with E-state index in [9.17, 15) is 18.4 Å². The van der Waals surface area contributed by atoms with Crippen molar-refractivity contribution in [2.24, 2.45) is 5.73 Å². The first kappa shape index (κ1) is 26.3. The van der Waals surface area contributed by atoms with Crippen LogP contribution in [0.5, 0.6) is 5.75 Å². The lowest BCUT2D eigenvalue weighted by molar-refractivity contribution is 0.0992. The van der Waals surface area contributed by atoms with E-state index in [-0.39, 0.29) is 27.8 Å². The van der Waals surface area contributed by atoms with Crippen LogP contribution in [-0.4, -0.2) is 16.8 Å². The normalized spacial score (nSPS) is 11.3. The molecule has 3 N–H and O–H groups in total. The van der Waals surface area contributed by atoms with Crippen molar-refractivity contribution in [3.05, 3.63) is 85.1 Å². The van der Waals surface area contributed by atoms with Gasteiger partial charge in [0.25, 0.3) is 18.2 Å². The predicted molar refractivity (Wildman–Crippen MR) is 151 cm³/mol. The van der Waals surface area contributed by atoms with Gasteiger partial charge in [0.05, 0.1) is 5.69 Å². The molecule has 2 amide bonds. The number of nitrogens with zero attached hydrogens (tertiary/aromatic N) is 1. The van der Waals surface area contributed by atoms with E-state index in [0.29, 0.717) is 27.3 Å². The Bertz CT molecular complexity index is 1660. The number of carbonyl (C=O) groups excluding carboxylic acids is 2. The van der Waals surface area contributed by atoms with Crippen molar-refractivity contribution in [2.45, 2.75) is 20.0 Å². The molecule has 0 fully saturated rings. The lowest BCUT2D eigenvalue weighted by Gasteiger charge is -2.09. The van der Waals surface area contributed by atoms with Crippen LogP contribution in [0.4, 0.5) is 14.5 Å². The summed E-state index contributed by atoms with van der Waals surface area (Å²) in [5, 5.41) is 3.06. The van der Waals surface area contributed by atoms with Crippen LogP contribution in [0.3, 0.4) is 0 Å². The Morgan fingerprint density at radius 2 is 1.89 bits per heavy atom. The highest BCUT2D eigenvalue weighted by Gasteiger charge is 2.26. The van der Waals surface area contributed by atoms with Gasteiger partial charge in [0.15, 0.2) is 5.76 Å². The molecule has 7 nitrogen and oxygen atoms in total. The third-order valence-corrected chi connectivity index (χ3v) is 8.31. The second-order valence-corrected chi connectivity index (χ2v) is 11.7. The van der Waals surface area contributed by atoms with E-state index in [2.05, 4.69) is 32.9 Å². The molecule has 194 valence electrons. The molecule has 0 atom stereocenters. The Hall–Kier alpha value is -3.36. The second kappa shape index (κ2) is 10.8. The number of pyridine rings is 1. The highest BCUT2D eigenvalue weighted by Crippen LogP contribution is 2.44. The first-order chi connectivity index (χ1) is 18.2. The maximum absolute atomic E-state index is 13.6. The largest absolute Gasteiger partial charge is 0.486 e. The van der Waals surface area contributed by atoms with Crippen LogP contribution in [0.2, 0.25) is 0 Å². The Labute approximate surface area is 236 Å². The molecule has 0 spiro atoms. The number of amides is 2. The summed E-state index contributed by atoms with van der Waals surface area (Å²) in [4.78, 5) is 31.3. The standard InChI is InChI=1S/C26H18F2IN3O4S2/c1-12-2-9-19(37-12)16-10-17(23(27)28)31-26-20(16)21(22(38-26)24(30)33)32-25(34)18-8-7-15(36-18)11-35-14-5-3-13(29)4-6-14/h2-10,23H,11H2,1H3,(H2,30,33)(H,32,34). The molecule has 0 aliphatic heterocycles. The average Bonchev–Trinajstić information content (AvgIpc) is 3.62. The molecule has 0 aliphatic carbocycles. The van der Waals surface area contributed by atoms with Crippen molar-refractivity contribution in [1.82, 2.24) is 4.98 Å². The van der Waals surface area contributed by atoms with E-state index in [1.807, 2.05) is 37.3 Å². The lowest BCUT2D eigenvalue weighted by atomic mass is 10.1. The number of furan rings is 1. The first-order valence-electron chi connectivity index (χ1n) is 11.1. The van der Waals surface area contributed by atoms with Gasteiger partial charge in [-0.25, -0.2) is 13.8 Å². The minimum Gasteiger partial charge on any atom is -0.486 e. The Kier molecular flexibility index (Phi) is 7.45. The van der Waals surface area contributed by atoms with Crippen molar-refractivity contribution >= 4 is 73.0 Å². The summed E-state index contributed by atoms with van der Waals surface area (Å²) in [5.74, 6) is -0.417. The molecule has 38 heavy (non-hydrogen) atoms. The number of anilines is 1. The van der Waals surface area contributed by atoms with Crippen molar-refractivity contribution in [2.75, 3.05) is 5.32 Å². The van der Waals surface area contributed by atoms with Gasteiger partial charge in [-0.3, -0.25) is 9.59 Å². The lowest BCUT2D eigenvalue weighted by Crippen LogP contribution is -2.16. The van der Waals surface area contributed by atoms with Crippen molar-refractivity contribution in [3.8, 4) is 16.2 Å². The van der Waals surface area contributed by atoms with E-state index in [4.69, 9.17) is 14.9 Å². The van der Waals surface area contributed by atoms with Gasteiger partial charge in [-0.1, -0.05) is 0 Å². The van der Waals surface area contributed by atoms with E-state index >= 15 is 0 Å². The van der Waals surface area contributed by atoms with Crippen LogP contribution >= 0.6 is 45.3 Å². The number of aryl methyl sites for hydroxylation is 1. The zero-order valence-electron chi connectivity index (χ0n) is 19.6. The topological polar surface area (TPSA) is 107 Å². The first-order valence-corrected chi connectivity index (χ1v) is 13.8. The molecule has 0 saturated carbocycles. The quantitative estimate of drug-likeness (QED) is 0.168. The number of nitrogens with one attached hydrogen (secondary N) is 1. The molecule has 0 radical (unpaired) electrons. The van der Waals surface area contributed by atoms with E-state index in [0.717, 1.165) is 19.8 Å². The summed E-state index contributed by atoms with van der Waals surface area (Å²) in [6.45, 7) is 1.99. The monoisotopic (exact) mass is 665 g/mol. The van der Waals surface area contributed by atoms with Crippen molar-refractivity contribution < 1.29 is 27.5 Å². The minimum atomic E-state index is -2.82. The van der Waals surface area contributed by atoms with Crippen molar-refractivity contribution in [3.63, 3.8) is 0 Å². The number of hydrogen-bond acceptors (Lipinski definition) is 7. The fourth-order valence-corrected chi connectivity index (χ4v) is 6.00. The number of aromatic nitrogens is 1. The molecule has 5 rings (SSSR count). The average molecular weight is 665 g/mol. The highest BCUT2D eigenvalue weighted by atomic mass is 127. The van der Waals surface area contributed by atoms with E-state index in [1.165, 1.54) is 23.5 Å². The fraction of sp³-hybridized carbons (Fsp3) is 0.115. The SMILES string of the molecule is Cc1ccc(-c2cc(C(F)F)nc3sc(C(N)=O)c(NC(=O)c4ccc(COc5ccc(I)cc5)o4)c23)s1. The number of nitrogens with two attached hydrogens (primary N) is 1. The summed E-state index contributed by atoms with van der Waals surface area (Å²) in [7, 11) is 0. The summed E-state index contributed by atoms with van der Waals surface area (Å²) in [6, 6.07) is 15.5. The van der Waals surface area contributed by atoms with Crippen molar-refractivity contribution in [1.29, 1.82) is 0 Å². The summed E-state index contributed by atoms with van der Waals surface area (Å²) < 4.78 is 39.7. The number of ether oxygens (including phenoxy) is 1. The van der Waals surface area contributed by atoms with Gasteiger partial charge in [-0.15, -0.1) is 22.7 Å². The van der Waals surface area contributed by atoms with Crippen LogP contribution in [0, 0.1) is 10.5 Å². The molecular weight excluding hydrogens is 647 g/mol. The van der Waals surface area contributed by atoms with Crippen LogP contribution in [-0.2, 0) is 6.61 Å². The van der Waals surface area contributed by atoms with Crippen LogP contribution in [0.25, 0.3) is 20.7 Å². The van der Waals surface area contributed by atoms with Crippen LogP contribution < -0.4 is 15.8 Å². The highest BCUT2D eigenvalue weighted by molar-refractivity contribution is 14.1. The van der Waals surface area contributed by atoms with Gasteiger partial charge in [-0.2, -0.15) is 0 Å². The van der Waals surface area contributed by atoms with Gasteiger partial charge < -0.3 is 20.2 Å². The summed E-state index contributed by atoms with van der Waals surface area (Å²) in [6.07, 6.45) is -2.82. The number of fused-ring (bicyclic) bond motifs is 1.